The summed E-state index contributed by atoms with van der Waals surface area (Å²) in [5.41, 5.74) is 0. The van der Waals surface area contributed by atoms with E-state index in [2.05, 4.69) is 15.6 Å². The van der Waals surface area contributed by atoms with Crippen molar-refractivity contribution in [3.8, 4) is 0 Å². The molecule has 0 amide bonds. The van der Waals surface area contributed by atoms with Crippen molar-refractivity contribution in [2.75, 3.05) is 18.6 Å². The second-order valence-electron chi connectivity index (χ2n) is 7.22. The van der Waals surface area contributed by atoms with Gasteiger partial charge in [0, 0.05) is 40.9 Å². The lowest BCUT2D eigenvalue weighted by molar-refractivity contribution is 0.411. The second kappa shape index (κ2) is 11.0. The number of rotatable bonds is 8. The van der Waals surface area contributed by atoms with Crippen molar-refractivity contribution in [2.45, 2.75) is 68.2 Å². The average Bonchev–Trinajstić information content (AvgIpc) is 2.72. The van der Waals surface area contributed by atoms with Crippen molar-refractivity contribution in [3.63, 3.8) is 0 Å². The second-order valence-corrected chi connectivity index (χ2v) is 11.3. The van der Waals surface area contributed by atoms with Gasteiger partial charge in [0.25, 0.3) is 0 Å². The standard InChI is InChI=1S/C20H33N3O3S2/c1-4-16(15-28(25,26)19-12-7-6-8-13-19)22-20(21-3)23-17-10-9-11-18(14-17)27(24)5-2/h6-8,12-13,16-18H,4-5,9-11,14-15H2,1-3H3,(H2,21,22,23). The van der Waals surface area contributed by atoms with Crippen molar-refractivity contribution < 1.29 is 12.6 Å². The SMILES string of the molecule is CCC(CS(=O)(=O)c1ccccc1)NC(=NC)NC1CCCC(S(=O)CC)C1. The van der Waals surface area contributed by atoms with Crippen LogP contribution in [0.3, 0.4) is 0 Å². The molecule has 28 heavy (non-hydrogen) atoms. The summed E-state index contributed by atoms with van der Waals surface area (Å²) < 4.78 is 37.5. The molecule has 0 heterocycles. The molecule has 0 radical (unpaired) electrons. The van der Waals surface area contributed by atoms with Gasteiger partial charge in [0.15, 0.2) is 15.8 Å². The molecule has 0 saturated heterocycles. The highest BCUT2D eigenvalue weighted by molar-refractivity contribution is 7.91. The number of nitrogens with one attached hydrogen (secondary N) is 2. The molecule has 1 saturated carbocycles. The summed E-state index contributed by atoms with van der Waals surface area (Å²) in [6.45, 7) is 3.93. The molecule has 1 fully saturated rings. The highest BCUT2D eigenvalue weighted by atomic mass is 32.2. The molecule has 2 rings (SSSR count). The molecule has 0 aliphatic heterocycles. The van der Waals surface area contributed by atoms with Gasteiger partial charge < -0.3 is 10.6 Å². The first kappa shape index (κ1) is 22.9. The Hall–Kier alpha value is -1.41. The lowest BCUT2D eigenvalue weighted by Gasteiger charge is -2.31. The van der Waals surface area contributed by atoms with E-state index in [0.717, 1.165) is 25.7 Å². The summed E-state index contributed by atoms with van der Waals surface area (Å²) in [5, 5.41) is 6.91. The normalized spacial score (nSPS) is 23.0. The van der Waals surface area contributed by atoms with Crippen LogP contribution >= 0.6 is 0 Å². The van der Waals surface area contributed by atoms with Gasteiger partial charge >= 0.3 is 0 Å². The molecule has 1 aliphatic rings. The van der Waals surface area contributed by atoms with Gasteiger partial charge in [0.05, 0.1) is 10.6 Å². The van der Waals surface area contributed by atoms with Gasteiger partial charge in [0.1, 0.15) is 0 Å². The van der Waals surface area contributed by atoms with Gasteiger partial charge in [-0.1, -0.05) is 38.5 Å². The molecule has 0 bridgehead atoms. The number of sulfone groups is 1. The smallest absolute Gasteiger partial charge is 0.191 e. The minimum Gasteiger partial charge on any atom is -0.354 e. The molecule has 1 aliphatic carbocycles. The van der Waals surface area contributed by atoms with E-state index < -0.39 is 20.6 Å². The van der Waals surface area contributed by atoms with Crippen LogP contribution < -0.4 is 10.6 Å². The van der Waals surface area contributed by atoms with Gasteiger partial charge in [-0.3, -0.25) is 9.20 Å². The summed E-state index contributed by atoms with van der Waals surface area (Å²) in [4.78, 5) is 4.63. The fraction of sp³-hybridized carbons (Fsp3) is 0.650. The Bertz CT molecular complexity index is 766. The highest BCUT2D eigenvalue weighted by Gasteiger charge is 2.27. The van der Waals surface area contributed by atoms with Crippen LogP contribution in [-0.4, -0.2) is 54.5 Å². The Balaban J connectivity index is 1.97. The summed E-state index contributed by atoms with van der Waals surface area (Å²) in [7, 11) is -2.45. The molecular weight excluding hydrogens is 394 g/mol. The summed E-state index contributed by atoms with van der Waals surface area (Å²) in [5.74, 6) is 1.32. The molecule has 2 N–H and O–H groups in total. The predicted molar refractivity (Wildman–Crippen MR) is 117 cm³/mol. The van der Waals surface area contributed by atoms with E-state index in [1.807, 2.05) is 19.9 Å². The highest BCUT2D eigenvalue weighted by Crippen LogP contribution is 2.23. The van der Waals surface area contributed by atoms with Crippen molar-refractivity contribution in [1.82, 2.24) is 10.6 Å². The fourth-order valence-corrected chi connectivity index (χ4v) is 6.52. The van der Waals surface area contributed by atoms with Crippen LogP contribution in [0.2, 0.25) is 0 Å². The van der Waals surface area contributed by atoms with E-state index in [-0.39, 0.29) is 23.1 Å². The maximum absolute atomic E-state index is 12.7. The van der Waals surface area contributed by atoms with Crippen LogP contribution in [0.25, 0.3) is 0 Å². The summed E-state index contributed by atoms with van der Waals surface area (Å²) in [6, 6.07) is 8.52. The van der Waals surface area contributed by atoms with Crippen LogP contribution in [0.15, 0.2) is 40.2 Å². The van der Waals surface area contributed by atoms with E-state index >= 15 is 0 Å². The van der Waals surface area contributed by atoms with Crippen molar-refractivity contribution in [3.05, 3.63) is 30.3 Å². The Morgan fingerprint density at radius 3 is 2.57 bits per heavy atom. The molecule has 0 aromatic heterocycles. The molecule has 1 aromatic carbocycles. The maximum Gasteiger partial charge on any atom is 0.191 e. The first-order valence-electron chi connectivity index (χ1n) is 10.0. The largest absolute Gasteiger partial charge is 0.354 e. The van der Waals surface area contributed by atoms with E-state index in [9.17, 15) is 12.6 Å². The lowest BCUT2D eigenvalue weighted by Crippen LogP contribution is -2.50. The van der Waals surface area contributed by atoms with Gasteiger partial charge in [-0.05, 0) is 37.8 Å². The number of aliphatic imine (C=N–C) groups is 1. The van der Waals surface area contributed by atoms with Crippen LogP contribution in [0.4, 0.5) is 0 Å². The third-order valence-corrected chi connectivity index (χ3v) is 8.78. The van der Waals surface area contributed by atoms with E-state index in [0.29, 0.717) is 23.0 Å². The van der Waals surface area contributed by atoms with E-state index in [4.69, 9.17) is 0 Å². The Labute approximate surface area is 172 Å². The summed E-state index contributed by atoms with van der Waals surface area (Å²) in [6.07, 6.45) is 4.60. The number of guanidine groups is 1. The Morgan fingerprint density at radius 1 is 1.25 bits per heavy atom. The number of benzene rings is 1. The molecule has 0 spiro atoms. The van der Waals surface area contributed by atoms with E-state index in [1.54, 1.807) is 31.3 Å². The number of hydrogen-bond donors (Lipinski definition) is 2. The third-order valence-electron chi connectivity index (χ3n) is 5.20. The van der Waals surface area contributed by atoms with Crippen LogP contribution in [0.5, 0.6) is 0 Å². The molecule has 8 heteroatoms. The number of nitrogens with zero attached hydrogens (tertiary/aromatic N) is 1. The fourth-order valence-electron chi connectivity index (χ4n) is 3.56. The van der Waals surface area contributed by atoms with Crippen molar-refractivity contribution in [2.24, 2.45) is 4.99 Å². The molecule has 6 nitrogen and oxygen atoms in total. The van der Waals surface area contributed by atoms with Gasteiger partial charge in [-0.15, -0.1) is 0 Å². The summed E-state index contributed by atoms with van der Waals surface area (Å²) >= 11 is 0. The number of hydrogen-bond acceptors (Lipinski definition) is 4. The molecular formula is C20H33N3O3S2. The van der Waals surface area contributed by atoms with Crippen molar-refractivity contribution >= 4 is 26.6 Å². The van der Waals surface area contributed by atoms with Crippen LogP contribution in [-0.2, 0) is 20.6 Å². The third kappa shape index (κ3) is 6.58. The molecule has 1 aromatic rings. The first-order chi connectivity index (χ1) is 13.4. The first-order valence-corrected chi connectivity index (χ1v) is 13.1. The van der Waals surface area contributed by atoms with Gasteiger partial charge in [-0.25, -0.2) is 8.42 Å². The van der Waals surface area contributed by atoms with Gasteiger partial charge in [0.2, 0.25) is 0 Å². The maximum atomic E-state index is 12.7. The zero-order valence-corrected chi connectivity index (χ0v) is 18.7. The van der Waals surface area contributed by atoms with E-state index in [1.165, 1.54) is 0 Å². The molecule has 158 valence electrons. The predicted octanol–water partition coefficient (Wildman–Crippen LogP) is 2.48. The minimum atomic E-state index is -3.37. The van der Waals surface area contributed by atoms with Crippen LogP contribution in [0, 0.1) is 0 Å². The topological polar surface area (TPSA) is 87.6 Å². The molecule has 4 unspecified atom stereocenters. The van der Waals surface area contributed by atoms with Crippen molar-refractivity contribution in [1.29, 1.82) is 0 Å². The molecule has 4 atom stereocenters. The quantitative estimate of drug-likeness (QED) is 0.492. The monoisotopic (exact) mass is 427 g/mol. The average molecular weight is 428 g/mol. The Morgan fingerprint density at radius 2 is 1.96 bits per heavy atom. The van der Waals surface area contributed by atoms with Gasteiger partial charge in [-0.2, -0.15) is 0 Å². The van der Waals surface area contributed by atoms with Crippen LogP contribution in [0.1, 0.15) is 46.0 Å². The Kier molecular flexibility index (Phi) is 8.95. The zero-order valence-electron chi connectivity index (χ0n) is 17.1. The lowest BCUT2D eigenvalue weighted by atomic mass is 9.95. The minimum absolute atomic E-state index is 0.0152. The zero-order chi connectivity index (χ0) is 20.6.